The van der Waals surface area contributed by atoms with Gasteiger partial charge in [0.25, 0.3) is 5.91 Å². The monoisotopic (exact) mass is 438 g/mol. The molecule has 3 aromatic heterocycles. The zero-order valence-corrected chi connectivity index (χ0v) is 16.9. The van der Waals surface area contributed by atoms with Gasteiger partial charge in [-0.25, -0.2) is 9.50 Å². The number of nitrogens with one attached hydrogen (secondary N) is 2. The predicted octanol–water partition coefficient (Wildman–Crippen LogP) is 2.73. The quantitative estimate of drug-likeness (QED) is 0.559. The van der Waals surface area contributed by atoms with Crippen molar-refractivity contribution >= 4 is 17.5 Å². The summed E-state index contributed by atoms with van der Waals surface area (Å²) in [5, 5.41) is 13.2. The molecule has 166 valence electrons. The van der Waals surface area contributed by atoms with Gasteiger partial charge < -0.3 is 15.2 Å². The van der Waals surface area contributed by atoms with Gasteiger partial charge in [-0.15, -0.1) is 0 Å². The van der Waals surface area contributed by atoms with E-state index in [2.05, 4.69) is 25.9 Å². The summed E-state index contributed by atoms with van der Waals surface area (Å²) >= 11 is 0. The average Bonchev–Trinajstić information content (AvgIpc) is 3.34. The molecule has 0 bridgehead atoms. The van der Waals surface area contributed by atoms with Gasteiger partial charge in [0.05, 0.1) is 36.7 Å². The van der Waals surface area contributed by atoms with Crippen molar-refractivity contribution in [3.05, 3.63) is 47.2 Å². The Morgan fingerprint density at radius 1 is 1.23 bits per heavy atom. The third-order valence-electron chi connectivity index (χ3n) is 4.37. The van der Waals surface area contributed by atoms with E-state index < -0.39 is 24.9 Å². The Bertz CT molecular complexity index is 1070. The van der Waals surface area contributed by atoms with Crippen LogP contribution in [0, 0.1) is 0 Å². The maximum absolute atomic E-state index is 12.4. The number of halogens is 3. The highest BCUT2D eigenvalue weighted by Crippen LogP contribution is 2.21. The van der Waals surface area contributed by atoms with Crippen molar-refractivity contribution in [3.63, 3.8) is 0 Å². The summed E-state index contributed by atoms with van der Waals surface area (Å²) in [6.07, 6.45) is -1.75. The van der Waals surface area contributed by atoms with Crippen molar-refractivity contribution in [2.45, 2.75) is 51.9 Å². The van der Waals surface area contributed by atoms with Crippen molar-refractivity contribution < 1.29 is 27.3 Å². The van der Waals surface area contributed by atoms with E-state index >= 15 is 0 Å². The topological polar surface area (TPSA) is 114 Å². The Hall–Kier alpha value is -3.44. The number of nitrogens with zero attached hydrogens (tertiary/aromatic N) is 4. The first-order chi connectivity index (χ1) is 14.6. The molecule has 0 spiro atoms. The average molecular weight is 438 g/mol. The van der Waals surface area contributed by atoms with Gasteiger partial charge in [-0.3, -0.25) is 9.59 Å². The maximum Gasteiger partial charge on any atom is 0.389 e. The van der Waals surface area contributed by atoms with Gasteiger partial charge in [0.15, 0.2) is 5.65 Å². The third-order valence-corrected chi connectivity index (χ3v) is 4.37. The van der Waals surface area contributed by atoms with Crippen LogP contribution in [0.3, 0.4) is 0 Å². The molecule has 12 heteroatoms. The van der Waals surface area contributed by atoms with Gasteiger partial charge in [-0.05, 0) is 17.5 Å². The molecule has 0 aromatic carbocycles. The summed E-state index contributed by atoms with van der Waals surface area (Å²) in [4.78, 5) is 28.3. The Balaban J connectivity index is 1.57. The van der Waals surface area contributed by atoms with Gasteiger partial charge in [0.1, 0.15) is 11.8 Å². The highest BCUT2D eigenvalue weighted by atomic mass is 19.4. The smallest absolute Gasteiger partial charge is 0.364 e. The van der Waals surface area contributed by atoms with Gasteiger partial charge in [-0.1, -0.05) is 19.0 Å². The van der Waals surface area contributed by atoms with Gasteiger partial charge in [0.2, 0.25) is 5.91 Å². The van der Waals surface area contributed by atoms with Crippen LogP contribution in [0.5, 0.6) is 0 Å². The number of imidazole rings is 1. The molecule has 0 aliphatic carbocycles. The Labute approximate surface area is 175 Å². The van der Waals surface area contributed by atoms with E-state index in [9.17, 15) is 22.8 Å². The van der Waals surface area contributed by atoms with Crippen LogP contribution in [0.1, 0.15) is 59.9 Å². The van der Waals surface area contributed by atoms with E-state index in [1.165, 1.54) is 17.0 Å². The highest BCUT2D eigenvalue weighted by molar-refractivity contribution is 5.94. The van der Waals surface area contributed by atoms with Crippen LogP contribution in [0.25, 0.3) is 5.65 Å². The Morgan fingerprint density at radius 2 is 2.00 bits per heavy atom. The molecule has 9 nitrogen and oxygen atoms in total. The fourth-order valence-electron chi connectivity index (χ4n) is 2.79. The minimum Gasteiger partial charge on any atom is -0.364 e. The molecule has 3 heterocycles. The van der Waals surface area contributed by atoms with Crippen LogP contribution < -0.4 is 10.6 Å². The number of rotatable bonds is 8. The summed E-state index contributed by atoms with van der Waals surface area (Å²) in [6.45, 7) is 3.98. The third kappa shape index (κ3) is 6.03. The lowest BCUT2D eigenvalue weighted by Crippen LogP contribution is -2.24. The minimum absolute atomic E-state index is 0.0323. The van der Waals surface area contributed by atoms with Crippen molar-refractivity contribution in [1.29, 1.82) is 0 Å². The predicted molar refractivity (Wildman–Crippen MR) is 102 cm³/mol. The van der Waals surface area contributed by atoms with Crippen LogP contribution in [-0.4, -0.2) is 37.7 Å². The molecule has 0 fully saturated rings. The molecule has 0 atom stereocenters. The van der Waals surface area contributed by atoms with Crippen LogP contribution in [0.2, 0.25) is 0 Å². The van der Waals surface area contributed by atoms with Gasteiger partial charge in [0, 0.05) is 13.0 Å². The first kappa shape index (κ1) is 22.2. The molecule has 0 saturated carbocycles. The number of aromatic nitrogens is 4. The lowest BCUT2D eigenvalue weighted by Gasteiger charge is -2.07. The van der Waals surface area contributed by atoms with Crippen LogP contribution >= 0.6 is 0 Å². The maximum atomic E-state index is 12.4. The number of hydrogen-bond donors (Lipinski definition) is 2. The molecular weight excluding hydrogens is 417 g/mol. The Morgan fingerprint density at radius 3 is 2.71 bits per heavy atom. The molecule has 0 saturated heterocycles. The molecule has 0 unspecified atom stereocenters. The molecule has 0 aliphatic rings. The number of hydrogen-bond acceptors (Lipinski definition) is 6. The van der Waals surface area contributed by atoms with Gasteiger partial charge in [-0.2, -0.15) is 18.3 Å². The number of fused-ring (bicyclic) bond motifs is 1. The largest absolute Gasteiger partial charge is 0.389 e. The summed E-state index contributed by atoms with van der Waals surface area (Å²) in [7, 11) is 0. The zero-order chi connectivity index (χ0) is 22.6. The van der Waals surface area contributed by atoms with E-state index in [0.29, 0.717) is 28.2 Å². The first-order valence-corrected chi connectivity index (χ1v) is 9.51. The Kier molecular flexibility index (Phi) is 6.56. The van der Waals surface area contributed by atoms with E-state index in [-0.39, 0.29) is 24.9 Å². The molecule has 3 aromatic rings. The lowest BCUT2D eigenvalue weighted by atomic mass is 10.1. The van der Waals surface area contributed by atoms with Crippen molar-refractivity contribution in [2.75, 3.05) is 0 Å². The molecule has 31 heavy (non-hydrogen) atoms. The van der Waals surface area contributed by atoms with Crippen LogP contribution in [-0.2, 0) is 17.9 Å². The molecule has 0 radical (unpaired) electrons. The SMILES string of the molecule is CC(C)c1nocc1C(=O)NCc1cn2ncc(CNC(=O)CCC(F)(F)F)cc2n1. The zero-order valence-electron chi connectivity index (χ0n) is 16.9. The molecule has 2 amide bonds. The van der Waals surface area contributed by atoms with Gasteiger partial charge >= 0.3 is 6.18 Å². The van der Waals surface area contributed by atoms with Crippen LogP contribution in [0.15, 0.2) is 29.2 Å². The highest BCUT2D eigenvalue weighted by Gasteiger charge is 2.27. The molecule has 2 N–H and O–H groups in total. The second kappa shape index (κ2) is 9.14. The van der Waals surface area contributed by atoms with E-state index in [1.807, 2.05) is 13.8 Å². The fraction of sp³-hybridized carbons (Fsp3) is 0.421. The van der Waals surface area contributed by atoms with E-state index in [1.54, 1.807) is 12.3 Å². The summed E-state index contributed by atoms with van der Waals surface area (Å²) in [5.74, 6) is -0.998. The van der Waals surface area contributed by atoms with E-state index in [4.69, 9.17) is 4.52 Å². The van der Waals surface area contributed by atoms with Crippen molar-refractivity contribution in [1.82, 2.24) is 30.4 Å². The number of carbonyl (C=O) groups is 2. The molecular formula is C19H21F3N6O3. The van der Waals surface area contributed by atoms with Crippen molar-refractivity contribution in [2.24, 2.45) is 0 Å². The first-order valence-electron chi connectivity index (χ1n) is 9.51. The number of alkyl halides is 3. The van der Waals surface area contributed by atoms with Crippen LogP contribution in [0.4, 0.5) is 13.2 Å². The summed E-state index contributed by atoms with van der Waals surface area (Å²) < 4.78 is 42.9. The normalized spacial score (nSPS) is 11.8. The standard InChI is InChI=1S/C19H21F3N6O3/c1-11(2)17-14(10-31-27-17)18(30)24-8-13-9-28-15(26-13)5-12(7-25-28)6-23-16(29)3-4-19(20,21)22/h5,7,9-11H,3-4,6,8H2,1-2H3,(H,23,29)(H,24,30). The molecule has 0 aliphatic heterocycles. The molecule has 3 rings (SSSR count). The minimum atomic E-state index is -4.37. The lowest BCUT2D eigenvalue weighted by molar-refractivity contribution is -0.144. The fourth-order valence-corrected chi connectivity index (χ4v) is 2.79. The summed E-state index contributed by atoms with van der Waals surface area (Å²) in [5.41, 5.74) is 2.53. The number of carbonyl (C=O) groups excluding carboxylic acids is 2. The summed E-state index contributed by atoms with van der Waals surface area (Å²) in [6, 6.07) is 1.65. The second-order valence-electron chi connectivity index (χ2n) is 7.24. The number of amides is 2. The second-order valence-corrected chi connectivity index (χ2v) is 7.24. The van der Waals surface area contributed by atoms with Crippen molar-refractivity contribution in [3.8, 4) is 0 Å². The van der Waals surface area contributed by atoms with E-state index in [0.717, 1.165) is 0 Å².